The Kier molecular flexibility index (Phi) is 7.16. The standard InChI is InChI=1S/C18H21ClN2O4S/c1-21(26(23,24)17-9-7-16(19)8-10-17)13-14-3-5-15(6-4-14)18(22)20-11-12-25-2/h3-10H,11-13H2,1-2H3,(H,20,22). The van der Waals surface area contributed by atoms with E-state index in [4.69, 9.17) is 16.3 Å². The quantitative estimate of drug-likeness (QED) is 0.696. The van der Waals surface area contributed by atoms with Crippen LogP contribution in [-0.4, -0.2) is 45.9 Å². The first-order valence-electron chi connectivity index (χ1n) is 7.92. The minimum Gasteiger partial charge on any atom is -0.383 e. The van der Waals surface area contributed by atoms with Gasteiger partial charge in [0.2, 0.25) is 10.0 Å². The van der Waals surface area contributed by atoms with Gasteiger partial charge >= 0.3 is 0 Å². The highest BCUT2D eigenvalue weighted by Gasteiger charge is 2.20. The maximum Gasteiger partial charge on any atom is 0.251 e. The molecule has 0 aromatic heterocycles. The Morgan fingerprint density at radius 2 is 1.73 bits per heavy atom. The Morgan fingerprint density at radius 3 is 2.31 bits per heavy atom. The molecule has 0 atom stereocenters. The molecule has 2 rings (SSSR count). The number of nitrogens with zero attached hydrogens (tertiary/aromatic N) is 1. The van der Waals surface area contributed by atoms with Gasteiger partial charge in [0.1, 0.15) is 0 Å². The fourth-order valence-corrected chi connectivity index (χ4v) is 3.54. The number of carbonyl (C=O) groups excluding carboxylic acids is 1. The van der Waals surface area contributed by atoms with E-state index in [1.165, 1.54) is 23.5 Å². The van der Waals surface area contributed by atoms with Crippen molar-refractivity contribution in [2.45, 2.75) is 11.4 Å². The van der Waals surface area contributed by atoms with E-state index in [0.29, 0.717) is 23.7 Å². The van der Waals surface area contributed by atoms with Crippen LogP contribution in [0.5, 0.6) is 0 Å². The zero-order valence-electron chi connectivity index (χ0n) is 14.6. The molecule has 0 saturated carbocycles. The Hall–Kier alpha value is -1.93. The average Bonchev–Trinajstić information content (AvgIpc) is 2.62. The minimum absolute atomic E-state index is 0.179. The van der Waals surface area contributed by atoms with Crippen molar-refractivity contribution in [1.29, 1.82) is 0 Å². The van der Waals surface area contributed by atoms with Gasteiger partial charge in [-0.05, 0) is 42.0 Å². The summed E-state index contributed by atoms with van der Waals surface area (Å²) in [6.07, 6.45) is 0. The lowest BCUT2D eigenvalue weighted by molar-refractivity contribution is 0.0937. The monoisotopic (exact) mass is 396 g/mol. The van der Waals surface area contributed by atoms with Gasteiger partial charge in [-0.1, -0.05) is 23.7 Å². The summed E-state index contributed by atoms with van der Waals surface area (Å²) in [7, 11) is -0.540. The maximum absolute atomic E-state index is 12.6. The van der Waals surface area contributed by atoms with Crippen LogP contribution >= 0.6 is 11.6 Å². The van der Waals surface area contributed by atoms with Gasteiger partial charge < -0.3 is 10.1 Å². The van der Waals surface area contributed by atoms with E-state index >= 15 is 0 Å². The van der Waals surface area contributed by atoms with Crippen molar-refractivity contribution in [3.05, 3.63) is 64.7 Å². The number of halogens is 1. The van der Waals surface area contributed by atoms with Crippen molar-refractivity contribution in [1.82, 2.24) is 9.62 Å². The highest BCUT2D eigenvalue weighted by molar-refractivity contribution is 7.89. The zero-order chi connectivity index (χ0) is 19.2. The van der Waals surface area contributed by atoms with Crippen LogP contribution in [0.25, 0.3) is 0 Å². The van der Waals surface area contributed by atoms with Crippen LogP contribution in [-0.2, 0) is 21.3 Å². The number of carbonyl (C=O) groups is 1. The molecule has 2 aromatic rings. The Morgan fingerprint density at radius 1 is 1.12 bits per heavy atom. The first kappa shape index (κ1) is 20.4. The molecule has 1 N–H and O–H groups in total. The highest BCUT2D eigenvalue weighted by Crippen LogP contribution is 2.19. The van der Waals surface area contributed by atoms with Crippen molar-refractivity contribution >= 4 is 27.5 Å². The van der Waals surface area contributed by atoms with Gasteiger partial charge in [-0.3, -0.25) is 4.79 Å². The van der Waals surface area contributed by atoms with Crippen LogP contribution in [0.1, 0.15) is 15.9 Å². The number of sulfonamides is 1. The second kappa shape index (κ2) is 9.14. The molecule has 0 radical (unpaired) electrons. The van der Waals surface area contributed by atoms with E-state index in [-0.39, 0.29) is 17.3 Å². The van der Waals surface area contributed by atoms with Gasteiger partial charge in [0.05, 0.1) is 11.5 Å². The van der Waals surface area contributed by atoms with Crippen molar-refractivity contribution in [3.63, 3.8) is 0 Å². The molecule has 0 heterocycles. The molecule has 1 amide bonds. The molecule has 0 fully saturated rings. The third kappa shape index (κ3) is 5.28. The Labute approximate surface area is 158 Å². The number of methoxy groups -OCH3 is 1. The summed E-state index contributed by atoms with van der Waals surface area (Å²) >= 11 is 5.80. The number of ether oxygens (including phenoxy) is 1. The number of nitrogens with one attached hydrogen (secondary N) is 1. The van der Waals surface area contributed by atoms with Crippen LogP contribution in [0.4, 0.5) is 0 Å². The predicted molar refractivity (Wildman–Crippen MR) is 101 cm³/mol. The summed E-state index contributed by atoms with van der Waals surface area (Å²) in [5.74, 6) is -0.198. The minimum atomic E-state index is -3.61. The number of hydrogen-bond donors (Lipinski definition) is 1. The topological polar surface area (TPSA) is 75.7 Å². The summed E-state index contributed by atoms with van der Waals surface area (Å²) in [4.78, 5) is 12.1. The van der Waals surface area contributed by atoms with Gasteiger partial charge in [0, 0.05) is 37.8 Å². The molecule has 2 aromatic carbocycles. The van der Waals surface area contributed by atoms with Crippen LogP contribution in [0, 0.1) is 0 Å². The van der Waals surface area contributed by atoms with E-state index in [0.717, 1.165) is 5.56 Å². The summed E-state index contributed by atoms with van der Waals surface area (Å²) in [5, 5.41) is 3.21. The van der Waals surface area contributed by atoms with Gasteiger partial charge in [-0.15, -0.1) is 0 Å². The van der Waals surface area contributed by atoms with Gasteiger partial charge in [-0.2, -0.15) is 4.31 Å². The normalized spacial score (nSPS) is 11.5. The van der Waals surface area contributed by atoms with E-state index < -0.39 is 10.0 Å². The Bertz CT molecular complexity index is 836. The molecule has 0 saturated heterocycles. The fraction of sp³-hybridized carbons (Fsp3) is 0.278. The van der Waals surface area contributed by atoms with Gasteiger partial charge in [0.25, 0.3) is 5.91 Å². The lowest BCUT2D eigenvalue weighted by atomic mass is 10.1. The lowest BCUT2D eigenvalue weighted by Gasteiger charge is -2.17. The zero-order valence-corrected chi connectivity index (χ0v) is 16.2. The largest absolute Gasteiger partial charge is 0.383 e. The fourth-order valence-electron chi connectivity index (χ4n) is 2.26. The molecule has 0 spiro atoms. The summed E-state index contributed by atoms with van der Waals surface area (Å²) in [6, 6.07) is 12.8. The van der Waals surface area contributed by atoms with Crippen LogP contribution in [0.3, 0.4) is 0 Å². The molecule has 0 aliphatic rings. The van der Waals surface area contributed by atoms with Gasteiger partial charge in [-0.25, -0.2) is 8.42 Å². The van der Waals surface area contributed by atoms with Crippen LogP contribution in [0.15, 0.2) is 53.4 Å². The SMILES string of the molecule is COCCNC(=O)c1ccc(CN(C)S(=O)(=O)c2ccc(Cl)cc2)cc1. The molecule has 0 bridgehead atoms. The van der Waals surface area contributed by atoms with Crippen molar-refractivity contribution in [2.24, 2.45) is 0 Å². The van der Waals surface area contributed by atoms with E-state index in [1.807, 2.05) is 0 Å². The number of benzene rings is 2. The highest BCUT2D eigenvalue weighted by atomic mass is 35.5. The number of rotatable bonds is 8. The first-order valence-corrected chi connectivity index (χ1v) is 9.74. The summed E-state index contributed by atoms with van der Waals surface area (Å²) in [6.45, 7) is 1.06. The number of hydrogen-bond acceptors (Lipinski definition) is 4. The Balaban J connectivity index is 2.03. The predicted octanol–water partition coefficient (Wildman–Crippen LogP) is 2.54. The molecule has 0 aliphatic carbocycles. The van der Waals surface area contributed by atoms with E-state index in [9.17, 15) is 13.2 Å². The molecule has 140 valence electrons. The van der Waals surface area contributed by atoms with Crippen LogP contribution < -0.4 is 5.32 Å². The second-order valence-electron chi connectivity index (χ2n) is 5.66. The molecule has 0 aliphatic heterocycles. The number of amides is 1. The van der Waals surface area contributed by atoms with Crippen LogP contribution in [0.2, 0.25) is 5.02 Å². The van der Waals surface area contributed by atoms with E-state index in [2.05, 4.69) is 5.32 Å². The molecule has 26 heavy (non-hydrogen) atoms. The maximum atomic E-state index is 12.6. The van der Waals surface area contributed by atoms with Crippen molar-refractivity contribution in [2.75, 3.05) is 27.3 Å². The average molecular weight is 397 g/mol. The second-order valence-corrected chi connectivity index (χ2v) is 8.14. The van der Waals surface area contributed by atoms with Crippen molar-refractivity contribution in [3.8, 4) is 0 Å². The van der Waals surface area contributed by atoms with E-state index in [1.54, 1.807) is 43.5 Å². The van der Waals surface area contributed by atoms with Crippen molar-refractivity contribution < 1.29 is 17.9 Å². The molecule has 0 unspecified atom stereocenters. The molecule has 6 nitrogen and oxygen atoms in total. The molecular formula is C18H21ClN2O4S. The lowest BCUT2D eigenvalue weighted by Crippen LogP contribution is -2.27. The summed E-state index contributed by atoms with van der Waals surface area (Å²) < 4.78 is 31.3. The third-order valence-corrected chi connectivity index (χ3v) is 5.80. The molecular weight excluding hydrogens is 376 g/mol. The molecule has 8 heteroatoms. The summed E-state index contributed by atoms with van der Waals surface area (Å²) in [5.41, 5.74) is 1.28. The van der Waals surface area contributed by atoms with Gasteiger partial charge in [0.15, 0.2) is 0 Å². The first-order chi connectivity index (χ1) is 12.3. The smallest absolute Gasteiger partial charge is 0.251 e. The third-order valence-electron chi connectivity index (χ3n) is 3.73.